The smallest absolute Gasteiger partial charge is 0.107 e. The quantitative estimate of drug-likeness (QED) is 0.205. The summed E-state index contributed by atoms with van der Waals surface area (Å²) in [5, 5.41) is 11.9. The van der Waals surface area contributed by atoms with Gasteiger partial charge in [0.15, 0.2) is 0 Å². The molecule has 2 nitrogen and oxygen atoms in total. The molecular formula is C8H9BINO. The Morgan fingerprint density at radius 3 is 2.75 bits per heavy atom. The molecule has 0 saturated heterocycles. The number of oxime groups is 1. The van der Waals surface area contributed by atoms with Crippen LogP contribution < -0.4 is 0 Å². The third-order valence-electron chi connectivity index (χ3n) is 1.80. The lowest BCUT2D eigenvalue weighted by atomic mass is 9.85. The summed E-state index contributed by atoms with van der Waals surface area (Å²) in [5.41, 5.74) is 2.73. The Morgan fingerprint density at radius 1 is 1.58 bits per heavy atom. The molecule has 0 aromatic heterocycles. The van der Waals surface area contributed by atoms with E-state index in [0.717, 1.165) is 34.0 Å². The Morgan fingerprint density at radius 2 is 2.33 bits per heavy atom. The van der Waals surface area contributed by atoms with Gasteiger partial charge in [-0.3, -0.25) is 0 Å². The van der Waals surface area contributed by atoms with Gasteiger partial charge in [-0.05, 0) is 18.4 Å². The van der Waals surface area contributed by atoms with Gasteiger partial charge in [0.1, 0.15) is 7.85 Å². The molecule has 1 aliphatic rings. The molecule has 4 heteroatoms. The highest BCUT2D eigenvalue weighted by atomic mass is 127. The van der Waals surface area contributed by atoms with Gasteiger partial charge in [-0.1, -0.05) is 39.9 Å². The molecule has 0 amide bonds. The molecule has 2 radical (unpaired) electrons. The molecule has 0 fully saturated rings. The number of nitrogens with zero attached hydrogens (tertiary/aromatic N) is 1. The summed E-state index contributed by atoms with van der Waals surface area (Å²) < 4.78 is 0.730. The van der Waals surface area contributed by atoms with E-state index in [1.165, 1.54) is 0 Å². The number of alkyl halides is 1. The zero-order valence-corrected chi connectivity index (χ0v) is 8.78. The van der Waals surface area contributed by atoms with Crippen LogP contribution in [0.2, 0.25) is 0 Å². The van der Waals surface area contributed by atoms with Crippen LogP contribution in [0.15, 0.2) is 28.4 Å². The third kappa shape index (κ3) is 2.37. The van der Waals surface area contributed by atoms with Crippen molar-refractivity contribution in [1.29, 1.82) is 0 Å². The molecule has 0 spiro atoms. The van der Waals surface area contributed by atoms with Crippen LogP contribution in [0.5, 0.6) is 0 Å². The van der Waals surface area contributed by atoms with E-state index >= 15 is 0 Å². The molecule has 62 valence electrons. The normalized spacial score (nSPS) is 18.6. The molecule has 0 heterocycles. The molecule has 1 N–H and O–H groups in total. The second-order valence-corrected chi connectivity index (χ2v) is 3.38. The van der Waals surface area contributed by atoms with Crippen molar-refractivity contribution in [2.24, 2.45) is 5.16 Å². The van der Waals surface area contributed by atoms with E-state index < -0.39 is 0 Å². The molecular weight excluding hydrogens is 264 g/mol. The van der Waals surface area contributed by atoms with Gasteiger partial charge in [-0.15, -0.1) is 5.47 Å². The van der Waals surface area contributed by atoms with Crippen molar-refractivity contribution in [2.45, 2.75) is 12.8 Å². The standard InChI is InChI=1S/C8H9BINO/c9-7-3-1-6(2-4-7)8(5-10)11-12/h1,3,12H,2,4-5H2/b11-8-. The predicted octanol–water partition coefficient (Wildman–Crippen LogP) is 2.02. The van der Waals surface area contributed by atoms with Crippen LogP contribution in [0, 0.1) is 0 Å². The van der Waals surface area contributed by atoms with E-state index in [-0.39, 0.29) is 0 Å². The van der Waals surface area contributed by atoms with Gasteiger partial charge in [-0.25, -0.2) is 0 Å². The zero-order chi connectivity index (χ0) is 8.97. The first kappa shape index (κ1) is 9.83. The van der Waals surface area contributed by atoms with Crippen molar-refractivity contribution in [3.05, 3.63) is 23.2 Å². The minimum absolute atomic E-state index is 0.730. The Bertz CT molecular complexity index is 258. The highest BCUT2D eigenvalue weighted by Gasteiger charge is 2.08. The molecule has 0 unspecified atom stereocenters. The summed E-state index contributed by atoms with van der Waals surface area (Å²) in [7, 11) is 5.59. The largest absolute Gasteiger partial charge is 0.411 e. The van der Waals surface area contributed by atoms with Crippen LogP contribution in [0.4, 0.5) is 0 Å². The van der Waals surface area contributed by atoms with Crippen LogP contribution in [-0.2, 0) is 0 Å². The Hall–Kier alpha value is -0.255. The zero-order valence-electron chi connectivity index (χ0n) is 6.63. The minimum atomic E-state index is 0.730. The van der Waals surface area contributed by atoms with Gasteiger partial charge in [0, 0.05) is 4.43 Å². The molecule has 0 atom stereocenters. The Balaban J connectivity index is 2.77. The van der Waals surface area contributed by atoms with Gasteiger partial charge in [-0.2, -0.15) is 0 Å². The topological polar surface area (TPSA) is 32.6 Å². The lowest BCUT2D eigenvalue weighted by molar-refractivity contribution is 0.319. The predicted molar refractivity (Wildman–Crippen MR) is 59.3 cm³/mol. The number of allylic oxidation sites excluding steroid dienone is 4. The fourth-order valence-corrected chi connectivity index (χ4v) is 1.71. The second kappa shape index (κ2) is 4.69. The number of rotatable bonds is 2. The summed E-state index contributed by atoms with van der Waals surface area (Å²) in [6.07, 6.45) is 5.54. The second-order valence-electron chi connectivity index (χ2n) is 2.61. The van der Waals surface area contributed by atoms with Crippen molar-refractivity contribution in [3.63, 3.8) is 0 Å². The highest BCUT2D eigenvalue weighted by Crippen LogP contribution is 2.18. The molecule has 0 aromatic rings. The van der Waals surface area contributed by atoms with Crippen LogP contribution >= 0.6 is 22.6 Å². The van der Waals surface area contributed by atoms with E-state index in [4.69, 9.17) is 13.1 Å². The average molecular weight is 273 g/mol. The lowest BCUT2D eigenvalue weighted by Gasteiger charge is -2.11. The molecule has 1 aliphatic carbocycles. The first-order valence-corrected chi connectivity index (χ1v) is 5.23. The van der Waals surface area contributed by atoms with Gasteiger partial charge in [0.25, 0.3) is 0 Å². The maximum atomic E-state index is 8.63. The van der Waals surface area contributed by atoms with Crippen molar-refractivity contribution in [1.82, 2.24) is 0 Å². The maximum Gasteiger partial charge on any atom is 0.107 e. The Kier molecular flexibility index (Phi) is 3.84. The van der Waals surface area contributed by atoms with Crippen molar-refractivity contribution in [2.75, 3.05) is 4.43 Å². The first-order chi connectivity index (χ1) is 5.77. The van der Waals surface area contributed by atoms with Crippen molar-refractivity contribution >= 4 is 36.1 Å². The summed E-state index contributed by atoms with van der Waals surface area (Å²) in [6, 6.07) is 0. The molecule has 0 aromatic carbocycles. The van der Waals surface area contributed by atoms with E-state index in [0.29, 0.717) is 0 Å². The Labute approximate surface area is 87.0 Å². The fourth-order valence-electron chi connectivity index (χ4n) is 1.07. The molecule has 12 heavy (non-hydrogen) atoms. The van der Waals surface area contributed by atoms with Gasteiger partial charge in [0.2, 0.25) is 0 Å². The SMILES string of the molecule is [B]C1=CC=C(/C(CI)=N\O)CC1. The monoisotopic (exact) mass is 273 g/mol. The van der Waals surface area contributed by atoms with E-state index in [1.54, 1.807) is 0 Å². The first-order valence-electron chi connectivity index (χ1n) is 3.70. The van der Waals surface area contributed by atoms with E-state index in [9.17, 15) is 0 Å². The van der Waals surface area contributed by atoms with E-state index in [1.807, 2.05) is 12.2 Å². The van der Waals surface area contributed by atoms with E-state index in [2.05, 4.69) is 27.7 Å². The molecule has 0 bridgehead atoms. The summed E-state index contributed by atoms with van der Waals surface area (Å²) in [4.78, 5) is 0. The van der Waals surface area contributed by atoms with Crippen LogP contribution in [-0.4, -0.2) is 23.2 Å². The van der Waals surface area contributed by atoms with Gasteiger partial charge < -0.3 is 5.21 Å². The summed E-state index contributed by atoms with van der Waals surface area (Å²) in [5.74, 6) is 0. The summed E-state index contributed by atoms with van der Waals surface area (Å²) >= 11 is 2.17. The number of halogens is 1. The maximum absolute atomic E-state index is 8.63. The number of hydrogen-bond donors (Lipinski definition) is 1. The van der Waals surface area contributed by atoms with Crippen molar-refractivity contribution in [3.8, 4) is 0 Å². The lowest BCUT2D eigenvalue weighted by Crippen LogP contribution is -2.07. The number of hydrogen-bond acceptors (Lipinski definition) is 2. The third-order valence-corrected chi connectivity index (χ3v) is 2.52. The summed E-state index contributed by atoms with van der Waals surface area (Å²) in [6.45, 7) is 0. The molecule has 0 saturated carbocycles. The van der Waals surface area contributed by atoms with Gasteiger partial charge in [0.05, 0.1) is 5.71 Å². The van der Waals surface area contributed by atoms with Crippen molar-refractivity contribution < 1.29 is 5.21 Å². The minimum Gasteiger partial charge on any atom is -0.411 e. The highest BCUT2D eigenvalue weighted by molar-refractivity contribution is 14.1. The van der Waals surface area contributed by atoms with Crippen LogP contribution in [0.3, 0.4) is 0 Å². The average Bonchev–Trinajstić information content (AvgIpc) is 2.10. The van der Waals surface area contributed by atoms with Crippen LogP contribution in [0.1, 0.15) is 12.8 Å². The van der Waals surface area contributed by atoms with Crippen LogP contribution in [0.25, 0.3) is 0 Å². The molecule has 0 aliphatic heterocycles. The fraction of sp³-hybridized carbons (Fsp3) is 0.375. The van der Waals surface area contributed by atoms with Gasteiger partial charge >= 0.3 is 0 Å². The molecule has 1 rings (SSSR count).